The maximum Gasteiger partial charge on any atom is 0.264 e. The third-order valence-corrected chi connectivity index (χ3v) is 7.02. The SMILES string of the molecule is COc1ccc(OC)c(C2CCCN2C(=O)c2cc3c(nc4sccn43)s2)c1. The molecule has 0 N–H and O–H groups in total. The van der Waals surface area contributed by atoms with Gasteiger partial charge in [0.05, 0.1) is 30.7 Å². The largest absolute Gasteiger partial charge is 0.497 e. The molecule has 1 aliphatic heterocycles. The molecule has 4 aromatic rings. The van der Waals surface area contributed by atoms with Gasteiger partial charge in [-0.15, -0.1) is 22.7 Å². The minimum absolute atomic E-state index is 0.0178. The van der Waals surface area contributed by atoms with Gasteiger partial charge in [0, 0.05) is 23.7 Å². The lowest BCUT2D eigenvalue weighted by atomic mass is 10.0. The quantitative estimate of drug-likeness (QED) is 0.490. The molecule has 0 saturated carbocycles. The minimum Gasteiger partial charge on any atom is -0.497 e. The maximum absolute atomic E-state index is 13.4. The third kappa shape index (κ3) is 2.67. The molecule has 4 heterocycles. The molecule has 0 radical (unpaired) electrons. The van der Waals surface area contributed by atoms with Crippen LogP contribution in [0.3, 0.4) is 0 Å². The van der Waals surface area contributed by atoms with Crippen LogP contribution in [0.5, 0.6) is 11.5 Å². The first-order chi connectivity index (χ1) is 13.7. The number of thiophene rings is 1. The van der Waals surface area contributed by atoms with Crippen LogP contribution < -0.4 is 9.47 Å². The summed E-state index contributed by atoms with van der Waals surface area (Å²) in [5.74, 6) is 1.61. The number of amides is 1. The Kier molecular flexibility index (Phi) is 4.25. The van der Waals surface area contributed by atoms with E-state index in [1.807, 2.05) is 45.1 Å². The Morgan fingerprint density at radius 2 is 2.14 bits per heavy atom. The Hall–Kier alpha value is -2.58. The first kappa shape index (κ1) is 17.5. The van der Waals surface area contributed by atoms with Crippen LogP contribution in [-0.4, -0.2) is 41.0 Å². The lowest BCUT2D eigenvalue weighted by Crippen LogP contribution is -2.30. The van der Waals surface area contributed by atoms with Gasteiger partial charge in [0.2, 0.25) is 0 Å². The number of carbonyl (C=O) groups is 1. The molecule has 0 bridgehead atoms. The molecule has 1 fully saturated rings. The standard InChI is InChI=1S/C20H19N3O3S2/c1-25-12-5-6-16(26-2)13(10-12)14-4-3-7-22(14)19(24)17-11-15-18(28-17)21-20-23(15)8-9-27-20/h5-6,8-11,14H,3-4,7H2,1-2H3. The molecule has 0 aliphatic carbocycles. The van der Waals surface area contributed by atoms with E-state index in [1.165, 1.54) is 11.3 Å². The van der Waals surface area contributed by atoms with E-state index in [0.717, 1.165) is 56.6 Å². The number of nitrogens with zero attached hydrogens (tertiary/aromatic N) is 3. The van der Waals surface area contributed by atoms with Crippen molar-refractivity contribution in [1.29, 1.82) is 0 Å². The van der Waals surface area contributed by atoms with Crippen LogP contribution in [0.4, 0.5) is 0 Å². The number of ether oxygens (including phenoxy) is 2. The second-order valence-electron chi connectivity index (χ2n) is 6.73. The fourth-order valence-electron chi connectivity index (χ4n) is 3.93. The van der Waals surface area contributed by atoms with Crippen LogP contribution in [0.15, 0.2) is 35.8 Å². The van der Waals surface area contributed by atoms with E-state index in [1.54, 1.807) is 25.6 Å². The number of fused-ring (bicyclic) bond motifs is 3. The van der Waals surface area contributed by atoms with Gasteiger partial charge in [0.25, 0.3) is 5.91 Å². The second-order valence-corrected chi connectivity index (χ2v) is 8.64. The predicted octanol–water partition coefficient (Wildman–Crippen LogP) is 4.61. The number of likely N-dealkylation sites (tertiary alicyclic amines) is 1. The summed E-state index contributed by atoms with van der Waals surface area (Å²) >= 11 is 3.06. The van der Waals surface area contributed by atoms with Crippen molar-refractivity contribution in [2.24, 2.45) is 0 Å². The van der Waals surface area contributed by atoms with Crippen molar-refractivity contribution in [2.45, 2.75) is 18.9 Å². The number of hydrogen-bond donors (Lipinski definition) is 0. The van der Waals surface area contributed by atoms with E-state index in [-0.39, 0.29) is 11.9 Å². The van der Waals surface area contributed by atoms with E-state index in [0.29, 0.717) is 0 Å². The zero-order valence-corrected chi connectivity index (χ0v) is 17.2. The number of thiazole rings is 1. The first-order valence-corrected chi connectivity index (χ1v) is 10.8. The van der Waals surface area contributed by atoms with E-state index in [9.17, 15) is 4.79 Å². The lowest BCUT2D eigenvalue weighted by Gasteiger charge is -2.26. The molecular weight excluding hydrogens is 394 g/mol. The summed E-state index contributed by atoms with van der Waals surface area (Å²) in [5.41, 5.74) is 2.00. The summed E-state index contributed by atoms with van der Waals surface area (Å²) in [6, 6.07) is 7.71. The molecule has 3 aromatic heterocycles. The van der Waals surface area contributed by atoms with Crippen LogP contribution in [0.25, 0.3) is 15.3 Å². The molecule has 1 aromatic carbocycles. The number of imidazole rings is 1. The van der Waals surface area contributed by atoms with Gasteiger partial charge in [-0.3, -0.25) is 9.20 Å². The predicted molar refractivity (Wildman–Crippen MR) is 111 cm³/mol. The Balaban J connectivity index is 1.51. The van der Waals surface area contributed by atoms with E-state index in [2.05, 4.69) is 4.98 Å². The highest BCUT2D eigenvalue weighted by molar-refractivity contribution is 7.21. The van der Waals surface area contributed by atoms with Crippen molar-refractivity contribution >= 4 is 43.9 Å². The molecule has 28 heavy (non-hydrogen) atoms. The molecule has 1 saturated heterocycles. The van der Waals surface area contributed by atoms with Crippen molar-refractivity contribution in [3.8, 4) is 11.5 Å². The highest BCUT2D eigenvalue weighted by Gasteiger charge is 2.33. The fourth-order valence-corrected chi connectivity index (χ4v) is 5.68. The van der Waals surface area contributed by atoms with Gasteiger partial charge in [-0.05, 0) is 37.1 Å². The highest BCUT2D eigenvalue weighted by atomic mass is 32.1. The third-order valence-electron chi connectivity index (χ3n) is 5.26. The molecule has 0 spiro atoms. The molecule has 6 nitrogen and oxygen atoms in total. The summed E-state index contributed by atoms with van der Waals surface area (Å²) in [6.45, 7) is 0.737. The fraction of sp³-hybridized carbons (Fsp3) is 0.300. The number of carbonyl (C=O) groups excluding carboxylic acids is 1. The zero-order valence-electron chi connectivity index (χ0n) is 15.5. The maximum atomic E-state index is 13.4. The second kappa shape index (κ2) is 6.79. The number of methoxy groups -OCH3 is 2. The van der Waals surface area contributed by atoms with Gasteiger partial charge in [-0.25, -0.2) is 4.98 Å². The summed E-state index contributed by atoms with van der Waals surface area (Å²) < 4.78 is 13.0. The topological polar surface area (TPSA) is 56.1 Å². The van der Waals surface area contributed by atoms with Crippen LogP contribution >= 0.6 is 22.7 Å². The van der Waals surface area contributed by atoms with Crippen LogP contribution in [0.2, 0.25) is 0 Å². The zero-order chi connectivity index (χ0) is 19.3. The van der Waals surface area contributed by atoms with E-state index < -0.39 is 0 Å². The first-order valence-electron chi connectivity index (χ1n) is 9.07. The summed E-state index contributed by atoms with van der Waals surface area (Å²) in [7, 11) is 3.31. The Morgan fingerprint density at radius 3 is 2.96 bits per heavy atom. The summed E-state index contributed by atoms with van der Waals surface area (Å²) in [4.78, 5) is 22.5. The van der Waals surface area contributed by atoms with Crippen molar-refractivity contribution in [3.05, 3.63) is 46.3 Å². The summed E-state index contributed by atoms with van der Waals surface area (Å²) in [6.07, 6.45) is 3.87. The minimum atomic E-state index is -0.0178. The van der Waals surface area contributed by atoms with Gasteiger partial charge in [-0.2, -0.15) is 0 Å². The average molecular weight is 414 g/mol. The van der Waals surface area contributed by atoms with Gasteiger partial charge >= 0.3 is 0 Å². The number of benzene rings is 1. The number of aromatic nitrogens is 2. The number of rotatable bonds is 4. The van der Waals surface area contributed by atoms with Crippen LogP contribution in [-0.2, 0) is 0 Å². The Morgan fingerprint density at radius 1 is 1.25 bits per heavy atom. The monoisotopic (exact) mass is 413 g/mol. The van der Waals surface area contributed by atoms with E-state index in [4.69, 9.17) is 9.47 Å². The normalized spacial score (nSPS) is 16.9. The smallest absolute Gasteiger partial charge is 0.264 e. The van der Waals surface area contributed by atoms with Gasteiger partial charge < -0.3 is 14.4 Å². The Bertz CT molecular complexity index is 1180. The molecule has 1 aliphatic rings. The summed E-state index contributed by atoms with van der Waals surface area (Å²) in [5, 5.41) is 2.01. The van der Waals surface area contributed by atoms with E-state index >= 15 is 0 Å². The Labute approximate surface area is 169 Å². The molecule has 144 valence electrons. The molecule has 1 unspecified atom stereocenters. The van der Waals surface area contributed by atoms with Crippen molar-refractivity contribution in [3.63, 3.8) is 0 Å². The van der Waals surface area contributed by atoms with Crippen molar-refractivity contribution in [2.75, 3.05) is 20.8 Å². The van der Waals surface area contributed by atoms with Crippen LogP contribution in [0.1, 0.15) is 34.1 Å². The highest BCUT2D eigenvalue weighted by Crippen LogP contribution is 2.40. The van der Waals surface area contributed by atoms with Crippen LogP contribution in [0, 0.1) is 0 Å². The molecule has 5 rings (SSSR count). The molecule has 1 atom stereocenters. The average Bonchev–Trinajstić information content (AvgIpc) is 3.47. The van der Waals surface area contributed by atoms with Gasteiger partial charge in [0.1, 0.15) is 16.3 Å². The van der Waals surface area contributed by atoms with Gasteiger partial charge in [0.15, 0.2) is 4.96 Å². The molecular formula is C20H19N3O3S2. The lowest BCUT2D eigenvalue weighted by molar-refractivity contribution is 0.0739. The van der Waals surface area contributed by atoms with Crippen molar-refractivity contribution < 1.29 is 14.3 Å². The molecule has 1 amide bonds. The van der Waals surface area contributed by atoms with Gasteiger partial charge in [-0.1, -0.05) is 0 Å². The van der Waals surface area contributed by atoms with Crippen molar-refractivity contribution in [1.82, 2.24) is 14.3 Å². The molecule has 8 heteroatoms. The number of hydrogen-bond acceptors (Lipinski definition) is 6.